The van der Waals surface area contributed by atoms with Gasteiger partial charge in [0.2, 0.25) is 23.8 Å². The fourth-order valence-electron chi connectivity index (χ4n) is 3.79. The number of nitrogens with two attached hydrogens (primary N) is 2. The van der Waals surface area contributed by atoms with Crippen molar-refractivity contribution in [2.75, 3.05) is 22.1 Å². The van der Waals surface area contributed by atoms with Gasteiger partial charge in [0, 0.05) is 24.2 Å². The number of para-hydroxylation sites is 2. The van der Waals surface area contributed by atoms with Crippen LogP contribution in [0.2, 0.25) is 0 Å². The van der Waals surface area contributed by atoms with E-state index >= 15 is 0 Å². The highest BCUT2D eigenvalue weighted by Gasteiger charge is 2.07. The van der Waals surface area contributed by atoms with Gasteiger partial charge in [-0.2, -0.15) is 29.9 Å². The summed E-state index contributed by atoms with van der Waals surface area (Å²) in [6.07, 6.45) is 8.08. The second-order valence-corrected chi connectivity index (χ2v) is 8.47. The minimum absolute atomic E-state index is 0.236. The zero-order valence-corrected chi connectivity index (χ0v) is 20.3. The highest BCUT2D eigenvalue weighted by atomic mass is 15.2. The molecule has 10 heteroatoms. The molecule has 10 nitrogen and oxygen atoms in total. The van der Waals surface area contributed by atoms with Gasteiger partial charge in [0.25, 0.3) is 0 Å². The second kappa shape index (κ2) is 12.9. The number of nitrogen functional groups attached to an aromatic ring is 2. The van der Waals surface area contributed by atoms with Crippen LogP contribution in [0, 0.1) is 0 Å². The molecular weight excluding hydrogens is 452 g/mol. The van der Waals surface area contributed by atoms with E-state index in [2.05, 4.69) is 40.5 Å². The molecular formula is C26H32N10. The molecule has 0 atom stereocenters. The van der Waals surface area contributed by atoms with E-state index in [0.29, 0.717) is 23.5 Å². The van der Waals surface area contributed by atoms with Gasteiger partial charge in [-0.1, -0.05) is 62.1 Å². The first-order chi connectivity index (χ1) is 17.6. The van der Waals surface area contributed by atoms with E-state index < -0.39 is 0 Å². The third-order valence-corrected chi connectivity index (χ3v) is 5.51. The Morgan fingerprint density at radius 3 is 1.28 bits per heavy atom. The van der Waals surface area contributed by atoms with Crippen LogP contribution in [0.3, 0.4) is 0 Å². The Kier molecular flexibility index (Phi) is 8.90. The molecule has 0 fully saturated rings. The van der Waals surface area contributed by atoms with E-state index in [1.807, 2.05) is 60.7 Å². The zero-order chi connectivity index (χ0) is 25.0. The van der Waals surface area contributed by atoms with Gasteiger partial charge in [0.1, 0.15) is 11.6 Å². The fraction of sp³-hybridized carbons (Fsp3) is 0.308. The maximum Gasteiger partial charge on any atom is 0.232 e. The standard InChI is InChI=1S/C26H32N10/c27-23-31-21(33-25(35-23)29-19-13-7-5-8-14-19)17-11-3-1-2-4-12-18-22-32-24(28)36-26(34-22)30-20-15-9-6-10-16-20/h5-10,13-16H,1-4,11-12,17-18H2,(H3,27,29,31,33,35)(H3,28,30,32,34,36). The predicted molar refractivity (Wildman–Crippen MR) is 143 cm³/mol. The average Bonchev–Trinajstić information content (AvgIpc) is 2.86. The molecule has 4 rings (SSSR count). The van der Waals surface area contributed by atoms with Gasteiger partial charge in [-0.05, 0) is 37.1 Å². The van der Waals surface area contributed by atoms with Crippen molar-refractivity contribution in [3.8, 4) is 0 Å². The predicted octanol–water partition coefficient (Wildman–Crippen LogP) is 4.83. The van der Waals surface area contributed by atoms with Crippen molar-refractivity contribution in [3.63, 3.8) is 0 Å². The summed E-state index contributed by atoms with van der Waals surface area (Å²) in [6.45, 7) is 0. The van der Waals surface area contributed by atoms with Crippen molar-refractivity contribution in [2.45, 2.75) is 51.4 Å². The van der Waals surface area contributed by atoms with Crippen LogP contribution in [0.1, 0.15) is 50.2 Å². The van der Waals surface area contributed by atoms with Crippen molar-refractivity contribution in [3.05, 3.63) is 72.3 Å². The Labute approximate surface area is 211 Å². The Balaban J connectivity index is 1.14. The number of nitrogens with one attached hydrogen (secondary N) is 2. The summed E-state index contributed by atoms with van der Waals surface area (Å²) in [5, 5.41) is 6.35. The minimum atomic E-state index is 0.236. The first-order valence-corrected chi connectivity index (χ1v) is 12.3. The number of aromatic nitrogens is 6. The highest BCUT2D eigenvalue weighted by Crippen LogP contribution is 2.16. The van der Waals surface area contributed by atoms with E-state index in [9.17, 15) is 0 Å². The topological polar surface area (TPSA) is 153 Å². The van der Waals surface area contributed by atoms with E-state index in [0.717, 1.165) is 62.7 Å². The van der Waals surface area contributed by atoms with Crippen LogP contribution in [-0.4, -0.2) is 29.9 Å². The molecule has 36 heavy (non-hydrogen) atoms. The molecule has 0 aliphatic rings. The molecule has 0 saturated carbocycles. The van der Waals surface area contributed by atoms with Crippen LogP contribution >= 0.6 is 0 Å². The fourth-order valence-corrected chi connectivity index (χ4v) is 3.79. The first-order valence-electron chi connectivity index (χ1n) is 12.3. The molecule has 186 valence electrons. The summed E-state index contributed by atoms with van der Waals surface area (Å²) < 4.78 is 0. The molecule has 0 bridgehead atoms. The molecule has 0 unspecified atom stereocenters. The number of hydrogen-bond donors (Lipinski definition) is 4. The number of aryl methyl sites for hydroxylation is 2. The number of rotatable bonds is 13. The van der Waals surface area contributed by atoms with E-state index in [1.54, 1.807) is 0 Å². The van der Waals surface area contributed by atoms with Gasteiger partial charge in [-0.25, -0.2) is 0 Å². The van der Waals surface area contributed by atoms with Crippen LogP contribution in [-0.2, 0) is 12.8 Å². The van der Waals surface area contributed by atoms with Crippen LogP contribution < -0.4 is 22.1 Å². The van der Waals surface area contributed by atoms with E-state index in [1.165, 1.54) is 0 Å². The van der Waals surface area contributed by atoms with Gasteiger partial charge in [-0.15, -0.1) is 0 Å². The Morgan fingerprint density at radius 2 is 0.861 bits per heavy atom. The lowest BCUT2D eigenvalue weighted by Gasteiger charge is -2.08. The molecule has 0 radical (unpaired) electrons. The molecule has 0 aliphatic heterocycles. The zero-order valence-electron chi connectivity index (χ0n) is 20.3. The maximum absolute atomic E-state index is 5.88. The van der Waals surface area contributed by atoms with Crippen LogP contribution in [0.5, 0.6) is 0 Å². The molecule has 0 saturated heterocycles. The molecule has 6 N–H and O–H groups in total. The summed E-state index contributed by atoms with van der Waals surface area (Å²) in [7, 11) is 0. The number of benzene rings is 2. The number of unbranched alkanes of at least 4 members (excludes halogenated alkanes) is 5. The summed E-state index contributed by atoms with van der Waals surface area (Å²) in [5.74, 6) is 2.86. The average molecular weight is 485 g/mol. The van der Waals surface area contributed by atoms with Crippen molar-refractivity contribution in [2.24, 2.45) is 0 Å². The van der Waals surface area contributed by atoms with Crippen molar-refractivity contribution in [1.29, 1.82) is 0 Å². The molecule has 2 aromatic heterocycles. The molecule has 0 spiro atoms. The summed E-state index contributed by atoms with van der Waals surface area (Å²) >= 11 is 0. The summed E-state index contributed by atoms with van der Waals surface area (Å²) in [5.41, 5.74) is 13.6. The molecule has 4 aromatic rings. The molecule has 0 aliphatic carbocycles. The Hall–Kier alpha value is -4.34. The quantitative estimate of drug-likeness (QED) is 0.194. The van der Waals surface area contributed by atoms with Crippen molar-refractivity contribution < 1.29 is 0 Å². The smallest absolute Gasteiger partial charge is 0.232 e. The lowest BCUT2D eigenvalue weighted by molar-refractivity contribution is 0.583. The monoisotopic (exact) mass is 484 g/mol. The lowest BCUT2D eigenvalue weighted by atomic mass is 10.1. The van der Waals surface area contributed by atoms with Crippen LogP contribution in [0.15, 0.2) is 60.7 Å². The van der Waals surface area contributed by atoms with Gasteiger partial charge < -0.3 is 22.1 Å². The highest BCUT2D eigenvalue weighted by molar-refractivity contribution is 5.54. The molecule has 2 aromatic carbocycles. The van der Waals surface area contributed by atoms with Crippen molar-refractivity contribution >= 4 is 35.2 Å². The van der Waals surface area contributed by atoms with E-state index in [4.69, 9.17) is 11.5 Å². The third-order valence-electron chi connectivity index (χ3n) is 5.51. The number of hydrogen-bond acceptors (Lipinski definition) is 10. The second-order valence-electron chi connectivity index (χ2n) is 8.47. The number of anilines is 6. The first kappa shape index (κ1) is 24.8. The minimum Gasteiger partial charge on any atom is -0.368 e. The van der Waals surface area contributed by atoms with Crippen LogP contribution in [0.4, 0.5) is 35.2 Å². The van der Waals surface area contributed by atoms with Gasteiger partial charge >= 0.3 is 0 Å². The third kappa shape index (κ3) is 8.15. The van der Waals surface area contributed by atoms with Gasteiger partial charge in [-0.3, -0.25) is 0 Å². The SMILES string of the molecule is Nc1nc(CCCCCCCCc2nc(N)nc(Nc3ccccc3)n2)nc(Nc2ccccc2)n1. The van der Waals surface area contributed by atoms with E-state index in [-0.39, 0.29) is 11.9 Å². The number of nitrogens with zero attached hydrogens (tertiary/aromatic N) is 6. The molecule has 2 heterocycles. The normalized spacial score (nSPS) is 10.8. The largest absolute Gasteiger partial charge is 0.368 e. The Bertz CT molecular complexity index is 1120. The van der Waals surface area contributed by atoms with Gasteiger partial charge in [0.15, 0.2) is 0 Å². The molecule has 0 amide bonds. The van der Waals surface area contributed by atoms with Gasteiger partial charge in [0.05, 0.1) is 0 Å². The van der Waals surface area contributed by atoms with Crippen LogP contribution in [0.25, 0.3) is 0 Å². The summed E-state index contributed by atoms with van der Waals surface area (Å²) in [6, 6.07) is 19.5. The lowest BCUT2D eigenvalue weighted by Crippen LogP contribution is -2.07. The van der Waals surface area contributed by atoms with Crippen molar-refractivity contribution in [1.82, 2.24) is 29.9 Å². The Morgan fingerprint density at radius 1 is 0.472 bits per heavy atom. The summed E-state index contributed by atoms with van der Waals surface area (Å²) in [4.78, 5) is 25.9. The maximum atomic E-state index is 5.88.